The molecule has 5 nitrogen and oxygen atoms in total. The third kappa shape index (κ3) is 6.89. The van der Waals surface area contributed by atoms with E-state index in [1.807, 2.05) is 0 Å². The van der Waals surface area contributed by atoms with Crippen molar-refractivity contribution < 1.29 is 24.7 Å². The Hall–Kier alpha value is -0.650. The topological polar surface area (TPSA) is 65.0 Å². The molecule has 0 atom stereocenters. The van der Waals surface area contributed by atoms with Gasteiger partial charge in [-0.05, 0) is 12.8 Å². The second-order valence-corrected chi connectivity index (χ2v) is 5.34. The van der Waals surface area contributed by atoms with Crippen LogP contribution in [0, 0.1) is 0 Å². The molecular weight excluding hydrogens is 248 g/mol. The zero-order valence-corrected chi connectivity index (χ0v) is 11.9. The summed E-state index contributed by atoms with van der Waals surface area (Å²) in [5.41, 5.74) is 0. The Morgan fingerprint density at radius 1 is 0.895 bits per heavy atom. The Kier molecular flexibility index (Phi) is 8.02. The van der Waals surface area contributed by atoms with E-state index in [9.17, 15) is 4.79 Å². The lowest BCUT2D eigenvalue weighted by molar-refractivity contribution is -0.487. The molecule has 0 radical (unpaired) electrons. The van der Waals surface area contributed by atoms with E-state index in [0.717, 1.165) is 25.7 Å². The first kappa shape index (κ1) is 16.4. The van der Waals surface area contributed by atoms with Crippen LogP contribution in [0.5, 0.6) is 0 Å². The zero-order chi connectivity index (χ0) is 14.0. The number of hydrogen-bond donors (Lipinski definition) is 1. The second kappa shape index (κ2) is 9.28. The van der Waals surface area contributed by atoms with E-state index in [0.29, 0.717) is 12.8 Å². The van der Waals surface area contributed by atoms with Crippen molar-refractivity contribution in [3.05, 3.63) is 0 Å². The molecule has 0 unspecified atom stereocenters. The quantitative estimate of drug-likeness (QED) is 0.479. The normalized spacial score (nSPS) is 22.0. The lowest BCUT2D eigenvalue weighted by atomic mass is 9.97. The minimum absolute atomic E-state index is 0.538. The molecule has 0 aliphatic heterocycles. The molecule has 1 aliphatic rings. The molecule has 0 bridgehead atoms. The highest BCUT2D eigenvalue weighted by Gasteiger charge is 2.35. The van der Waals surface area contributed by atoms with E-state index >= 15 is 0 Å². The van der Waals surface area contributed by atoms with Gasteiger partial charge in [0, 0.05) is 19.8 Å². The van der Waals surface area contributed by atoms with Gasteiger partial charge in [-0.2, -0.15) is 4.89 Å². The second-order valence-electron chi connectivity index (χ2n) is 5.34. The molecule has 1 N–H and O–H groups in total. The fourth-order valence-electron chi connectivity index (χ4n) is 2.48. The van der Waals surface area contributed by atoms with Gasteiger partial charge >= 0.3 is 5.97 Å². The summed E-state index contributed by atoms with van der Waals surface area (Å²) >= 11 is 0. The fraction of sp³-hybridized carbons (Fsp3) is 0.929. The van der Waals surface area contributed by atoms with Crippen molar-refractivity contribution in [1.29, 1.82) is 0 Å². The molecule has 0 aromatic rings. The first-order valence-corrected chi connectivity index (χ1v) is 7.37. The molecule has 5 heteroatoms. The summed E-state index contributed by atoms with van der Waals surface area (Å²) in [4.78, 5) is 25.0. The molecule has 1 fully saturated rings. The van der Waals surface area contributed by atoms with Crippen LogP contribution in [0.4, 0.5) is 0 Å². The van der Waals surface area contributed by atoms with Crippen LogP contribution in [0.25, 0.3) is 0 Å². The Morgan fingerprint density at radius 3 is 1.68 bits per heavy atom. The number of carbonyl (C=O) groups excluding carboxylic acids is 1. The molecule has 1 saturated carbocycles. The molecule has 19 heavy (non-hydrogen) atoms. The van der Waals surface area contributed by atoms with E-state index < -0.39 is 11.8 Å². The number of carbonyl (C=O) groups is 1. The average Bonchev–Trinajstić information content (AvgIpc) is 2.39. The maximum atomic E-state index is 10.8. The minimum atomic E-state index is -1.19. The van der Waals surface area contributed by atoms with E-state index in [4.69, 9.17) is 10.1 Å². The molecular formula is C14H26O5. The Balaban J connectivity index is 2.52. The van der Waals surface area contributed by atoms with Crippen molar-refractivity contribution in [2.45, 2.75) is 83.3 Å². The van der Waals surface area contributed by atoms with Gasteiger partial charge in [0.25, 0.3) is 0 Å². The molecule has 1 aliphatic carbocycles. The fourth-order valence-corrected chi connectivity index (χ4v) is 2.48. The lowest BCUT2D eigenvalue weighted by Gasteiger charge is -2.28. The summed E-state index contributed by atoms with van der Waals surface area (Å²) < 4.78 is 0. The van der Waals surface area contributed by atoms with E-state index in [-0.39, 0.29) is 0 Å². The Bertz CT molecular complexity index is 242. The van der Waals surface area contributed by atoms with Crippen LogP contribution in [0.1, 0.15) is 77.6 Å². The largest absolute Gasteiger partial charge is 0.339 e. The molecule has 1 rings (SSSR count). The summed E-state index contributed by atoms with van der Waals surface area (Å²) in [7, 11) is 0. The van der Waals surface area contributed by atoms with Crippen LogP contribution < -0.4 is 0 Å². The maximum Gasteiger partial charge on any atom is 0.339 e. The predicted molar refractivity (Wildman–Crippen MR) is 70.1 cm³/mol. The van der Waals surface area contributed by atoms with Crippen LogP contribution in [0.15, 0.2) is 0 Å². The number of hydrogen-bond acceptors (Lipinski definition) is 5. The van der Waals surface area contributed by atoms with Gasteiger partial charge in [-0.1, -0.05) is 44.9 Å². The average molecular weight is 274 g/mol. The van der Waals surface area contributed by atoms with Gasteiger partial charge in [0.2, 0.25) is 5.79 Å². The summed E-state index contributed by atoms with van der Waals surface area (Å²) in [5, 5.41) is 9.14. The number of rotatable bonds is 3. The lowest BCUT2D eigenvalue weighted by Crippen LogP contribution is -2.36. The SMILES string of the molecule is CC(=O)OOC1(OO)CCCCCCCCCCC1. The predicted octanol–water partition coefficient (Wildman–Crippen LogP) is 3.97. The highest BCUT2D eigenvalue weighted by molar-refractivity contribution is 5.65. The van der Waals surface area contributed by atoms with Crippen LogP contribution in [0.2, 0.25) is 0 Å². The van der Waals surface area contributed by atoms with Crippen molar-refractivity contribution in [3.63, 3.8) is 0 Å². The summed E-state index contributed by atoms with van der Waals surface area (Å²) in [6.45, 7) is 1.26. The molecule has 0 amide bonds. The van der Waals surface area contributed by atoms with Crippen molar-refractivity contribution in [2.75, 3.05) is 0 Å². The van der Waals surface area contributed by atoms with Gasteiger partial charge in [0.1, 0.15) is 0 Å². The minimum Gasteiger partial charge on any atom is -0.296 e. The Labute approximate surface area is 115 Å². The summed E-state index contributed by atoms with van der Waals surface area (Å²) in [5.74, 6) is -1.73. The summed E-state index contributed by atoms with van der Waals surface area (Å²) in [6, 6.07) is 0. The van der Waals surface area contributed by atoms with Gasteiger partial charge in [0.05, 0.1) is 0 Å². The molecule has 0 aromatic carbocycles. The van der Waals surface area contributed by atoms with Gasteiger partial charge in [-0.3, -0.25) is 4.89 Å². The molecule has 112 valence electrons. The van der Waals surface area contributed by atoms with Crippen LogP contribution in [-0.2, 0) is 19.5 Å². The Morgan fingerprint density at radius 2 is 1.32 bits per heavy atom. The van der Waals surface area contributed by atoms with Crippen LogP contribution >= 0.6 is 0 Å². The van der Waals surface area contributed by atoms with Gasteiger partial charge in [0.15, 0.2) is 0 Å². The van der Waals surface area contributed by atoms with Crippen LogP contribution in [-0.4, -0.2) is 17.0 Å². The summed E-state index contributed by atoms with van der Waals surface area (Å²) in [6.07, 6.45) is 11.2. The molecule has 0 spiro atoms. The monoisotopic (exact) mass is 274 g/mol. The van der Waals surface area contributed by atoms with Crippen molar-refractivity contribution >= 4 is 5.97 Å². The highest BCUT2D eigenvalue weighted by Crippen LogP contribution is 2.29. The smallest absolute Gasteiger partial charge is 0.296 e. The maximum absolute atomic E-state index is 10.8. The molecule has 0 aromatic heterocycles. The van der Waals surface area contributed by atoms with Gasteiger partial charge in [-0.25, -0.2) is 10.1 Å². The van der Waals surface area contributed by atoms with Gasteiger partial charge < -0.3 is 0 Å². The zero-order valence-electron chi connectivity index (χ0n) is 11.9. The molecule has 0 heterocycles. The van der Waals surface area contributed by atoms with Gasteiger partial charge in [-0.15, -0.1) is 4.89 Å². The van der Waals surface area contributed by atoms with Crippen LogP contribution in [0.3, 0.4) is 0 Å². The van der Waals surface area contributed by atoms with Crippen molar-refractivity contribution in [2.24, 2.45) is 0 Å². The highest BCUT2D eigenvalue weighted by atomic mass is 17.3. The standard InChI is InChI=1S/C14H26O5/c1-13(15)17-19-14(18-16)11-9-7-5-3-2-4-6-8-10-12-14/h16H,2-12H2,1H3. The van der Waals surface area contributed by atoms with E-state index in [1.54, 1.807) is 0 Å². The third-order valence-electron chi connectivity index (χ3n) is 3.59. The van der Waals surface area contributed by atoms with E-state index in [1.165, 1.54) is 39.0 Å². The first-order chi connectivity index (χ1) is 9.18. The third-order valence-corrected chi connectivity index (χ3v) is 3.59. The van der Waals surface area contributed by atoms with Crippen molar-refractivity contribution in [3.8, 4) is 0 Å². The van der Waals surface area contributed by atoms with E-state index in [2.05, 4.69) is 9.78 Å². The first-order valence-electron chi connectivity index (χ1n) is 7.37. The molecule has 0 saturated heterocycles. The van der Waals surface area contributed by atoms with Crippen molar-refractivity contribution in [1.82, 2.24) is 0 Å².